The average Bonchev–Trinajstić information content (AvgIpc) is 2.46. The molecular formula is C19H20O5. The Morgan fingerprint density at radius 1 is 1.25 bits per heavy atom. The van der Waals surface area contributed by atoms with Gasteiger partial charge in [0.1, 0.15) is 23.0 Å². The highest BCUT2D eigenvalue weighted by Crippen LogP contribution is 2.38. The zero-order chi connectivity index (χ0) is 17.5. The van der Waals surface area contributed by atoms with Gasteiger partial charge >= 0.3 is 11.6 Å². The predicted octanol–water partition coefficient (Wildman–Crippen LogP) is 3.38. The average molecular weight is 328 g/mol. The van der Waals surface area contributed by atoms with Crippen molar-refractivity contribution in [1.82, 2.24) is 0 Å². The van der Waals surface area contributed by atoms with E-state index in [9.17, 15) is 9.59 Å². The van der Waals surface area contributed by atoms with Crippen LogP contribution < -0.4 is 10.4 Å². The molecule has 0 N–H and O–H groups in total. The number of benzene rings is 1. The molecule has 0 bridgehead atoms. The first-order valence-electron chi connectivity index (χ1n) is 7.86. The lowest BCUT2D eigenvalue weighted by atomic mass is 9.90. The van der Waals surface area contributed by atoms with E-state index in [0.717, 1.165) is 16.5 Å². The van der Waals surface area contributed by atoms with Gasteiger partial charge in [-0.2, -0.15) is 0 Å². The number of esters is 1. The van der Waals surface area contributed by atoms with Crippen molar-refractivity contribution in [2.24, 2.45) is 0 Å². The van der Waals surface area contributed by atoms with Crippen molar-refractivity contribution in [1.29, 1.82) is 0 Å². The molecule has 2 heterocycles. The first-order valence-corrected chi connectivity index (χ1v) is 7.86. The van der Waals surface area contributed by atoms with Gasteiger partial charge in [0.15, 0.2) is 0 Å². The van der Waals surface area contributed by atoms with Gasteiger partial charge in [-0.1, -0.05) is 5.57 Å². The molecule has 2 aromatic rings. The van der Waals surface area contributed by atoms with E-state index in [1.54, 1.807) is 6.07 Å². The molecule has 0 unspecified atom stereocenters. The Morgan fingerprint density at radius 3 is 2.67 bits per heavy atom. The summed E-state index contributed by atoms with van der Waals surface area (Å²) in [5, 5.41) is 0.811. The summed E-state index contributed by atoms with van der Waals surface area (Å²) in [6, 6.07) is 6.80. The molecule has 5 nitrogen and oxygen atoms in total. The summed E-state index contributed by atoms with van der Waals surface area (Å²) in [6.45, 7) is 7.42. The molecule has 5 heteroatoms. The second-order valence-electron chi connectivity index (χ2n) is 6.77. The van der Waals surface area contributed by atoms with Crippen LogP contribution in [0, 0.1) is 0 Å². The van der Waals surface area contributed by atoms with E-state index >= 15 is 0 Å². The zero-order valence-corrected chi connectivity index (χ0v) is 14.2. The van der Waals surface area contributed by atoms with Crippen LogP contribution in [0.3, 0.4) is 0 Å². The van der Waals surface area contributed by atoms with Gasteiger partial charge in [0.25, 0.3) is 0 Å². The van der Waals surface area contributed by atoms with Gasteiger partial charge in [-0.05, 0) is 45.9 Å². The Kier molecular flexibility index (Phi) is 3.95. The second kappa shape index (κ2) is 5.82. The summed E-state index contributed by atoms with van der Waals surface area (Å²) in [4.78, 5) is 23.6. The van der Waals surface area contributed by atoms with E-state index in [2.05, 4.69) is 0 Å². The standard InChI is InChI=1S/C19H20O5/c1-11(2)9-17(21)22-15-10-13-14(24-19(15,3)4)7-5-12-6-8-16(20)23-18(12)13/h5-9,15H,10H2,1-4H3/t15-/m1/s1. The van der Waals surface area contributed by atoms with Crippen LogP contribution in [0.1, 0.15) is 33.3 Å². The molecule has 0 aliphatic carbocycles. The third-order valence-corrected chi connectivity index (χ3v) is 4.05. The van der Waals surface area contributed by atoms with Gasteiger partial charge in [0.2, 0.25) is 0 Å². The highest BCUT2D eigenvalue weighted by Gasteiger charge is 2.40. The van der Waals surface area contributed by atoms with Crippen molar-refractivity contribution >= 4 is 16.9 Å². The molecule has 126 valence electrons. The van der Waals surface area contributed by atoms with Gasteiger partial charge in [0, 0.05) is 29.5 Å². The number of ether oxygens (including phenoxy) is 2. The zero-order valence-electron chi connectivity index (χ0n) is 14.2. The molecule has 3 rings (SSSR count). The Morgan fingerprint density at radius 2 is 1.96 bits per heavy atom. The lowest BCUT2D eigenvalue weighted by Gasteiger charge is -2.39. The fourth-order valence-electron chi connectivity index (χ4n) is 2.83. The van der Waals surface area contributed by atoms with Crippen molar-refractivity contribution in [3.63, 3.8) is 0 Å². The van der Waals surface area contributed by atoms with Crippen LogP contribution in [0.15, 0.2) is 45.1 Å². The van der Waals surface area contributed by atoms with Gasteiger partial charge in [-0.25, -0.2) is 9.59 Å². The molecule has 0 saturated heterocycles. The first-order chi connectivity index (χ1) is 11.3. The van der Waals surface area contributed by atoms with Crippen LogP contribution >= 0.6 is 0 Å². The maximum absolute atomic E-state index is 12.0. The molecule has 1 aromatic carbocycles. The minimum absolute atomic E-state index is 0.401. The Balaban J connectivity index is 2.02. The summed E-state index contributed by atoms with van der Waals surface area (Å²) in [5.41, 5.74) is 1.00. The Hall–Kier alpha value is -2.56. The van der Waals surface area contributed by atoms with Crippen molar-refractivity contribution in [2.45, 2.75) is 45.8 Å². The van der Waals surface area contributed by atoms with E-state index in [-0.39, 0.29) is 0 Å². The molecule has 24 heavy (non-hydrogen) atoms. The van der Waals surface area contributed by atoms with E-state index in [4.69, 9.17) is 13.9 Å². The van der Waals surface area contributed by atoms with Gasteiger partial charge < -0.3 is 13.9 Å². The van der Waals surface area contributed by atoms with Gasteiger partial charge in [0.05, 0.1) is 0 Å². The number of carbonyl (C=O) groups excluding carboxylic acids is 1. The number of fused-ring (bicyclic) bond motifs is 3. The molecule has 1 aromatic heterocycles. The topological polar surface area (TPSA) is 65.7 Å². The number of hydrogen-bond acceptors (Lipinski definition) is 5. The second-order valence-corrected chi connectivity index (χ2v) is 6.77. The van der Waals surface area contributed by atoms with Crippen LogP contribution in [0.25, 0.3) is 11.0 Å². The maximum atomic E-state index is 12.0. The third kappa shape index (κ3) is 3.07. The van der Waals surface area contributed by atoms with E-state index in [0.29, 0.717) is 17.8 Å². The molecule has 0 amide bonds. The summed E-state index contributed by atoms with van der Waals surface area (Å²) in [6.07, 6.45) is 1.40. The highest BCUT2D eigenvalue weighted by molar-refractivity contribution is 5.84. The van der Waals surface area contributed by atoms with Gasteiger partial charge in [-0.15, -0.1) is 0 Å². The molecule has 1 aliphatic rings. The monoisotopic (exact) mass is 328 g/mol. The van der Waals surface area contributed by atoms with Gasteiger partial charge in [-0.3, -0.25) is 0 Å². The molecule has 0 radical (unpaired) electrons. The van der Waals surface area contributed by atoms with E-state index < -0.39 is 23.3 Å². The maximum Gasteiger partial charge on any atom is 0.336 e. The van der Waals surface area contributed by atoms with Crippen molar-refractivity contribution in [2.75, 3.05) is 0 Å². The summed E-state index contributed by atoms with van der Waals surface area (Å²) in [5.74, 6) is 0.248. The Bertz CT molecular complexity index is 884. The highest BCUT2D eigenvalue weighted by atomic mass is 16.6. The fourth-order valence-corrected chi connectivity index (χ4v) is 2.83. The van der Waals surface area contributed by atoms with Crippen LogP contribution in [-0.2, 0) is 16.0 Å². The lowest BCUT2D eigenvalue weighted by molar-refractivity contribution is -0.155. The molecular weight excluding hydrogens is 308 g/mol. The van der Waals surface area contributed by atoms with E-state index in [1.807, 2.05) is 39.8 Å². The SMILES string of the molecule is CC(C)=CC(=O)O[C@@H]1Cc2c(ccc3ccc(=O)oc23)OC1(C)C. The smallest absolute Gasteiger partial charge is 0.336 e. The Labute approximate surface area is 139 Å². The number of carbonyl (C=O) groups is 1. The summed E-state index contributed by atoms with van der Waals surface area (Å²) < 4.78 is 17.0. The molecule has 1 atom stereocenters. The number of hydrogen-bond donors (Lipinski definition) is 0. The van der Waals surface area contributed by atoms with Crippen LogP contribution in [0.2, 0.25) is 0 Å². The molecule has 0 saturated carbocycles. The van der Waals surface area contributed by atoms with Crippen molar-refractivity contribution < 1.29 is 18.7 Å². The lowest BCUT2D eigenvalue weighted by Crippen LogP contribution is -2.48. The molecule has 0 spiro atoms. The largest absolute Gasteiger partial charge is 0.484 e. The summed E-state index contributed by atoms with van der Waals surface area (Å²) in [7, 11) is 0. The normalized spacial score (nSPS) is 18.4. The van der Waals surface area contributed by atoms with Crippen LogP contribution in [0.5, 0.6) is 5.75 Å². The minimum Gasteiger partial charge on any atom is -0.484 e. The predicted molar refractivity (Wildman–Crippen MR) is 90.2 cm³/mol. The molecule has 0 fully saturated rings. The fraction of sp³-hybridized carbons (Fsp3) is 0.368. The third-order valence-electron chi connectivity index (χ3n) is 4.05. The first kappa shape index (κ1) is 16.3. The quantitative estimate of drug-likeness (QED) is 0.480. The van der Waals surface area contributed by atoms with Crippen LogP contribution in [0.4, 0.5) is 0 Å². The number of rotatable bonds is 2. The minimum atomic E-state index is -0.680. The summed E-state index contributed by atoms with van der Waals surface area (Å²) >= 11 is 0. The van der Waals surface area contributed by atoms with E-state index in [1.165, 1.54) is 12.1 Å². The van der Waals surface area contributed by atoms with Crippen molar-refractivity contribution in [3.8, 4) is 5.75 Å². The van der Waals surface area contributed by atoms with Crippen molar-refractivity contribution in [3.05, 3.63) is 51.9 Å². The van der Waals surface area contributed by atoms with Crippen LogP contribution in [-0.4, -0.2) is 17.7 Å². The molecule has 1 aliphatic heterocycles. The number of allylic oxidation sites excluding steroid dienone is 1.